The van der Waals surface area contributed by atoms with Crippen molar-refractivity contribution in [3.63, 3.8) is 0 Å². The molecular formula is C15H25N5O4. The van der Waals surface area contributed by atoms with Crippen molar-refractivity contribution in [1.82, 2.24) is 5.32 Å². The Morgan fingerprint density at radius 3 is 2.08 bits per heavy atom. The fourth-order valence-electron chi connectivity index (χ4n) is 1.62. The molecular weight excluding hydrogens is 314 g/mol. The predicted octanol–water partition coefficient (Wildman–Crippen LogP) is -0.697. The lowest BCUT2D eigenvalue weighted by Crippen LogP contribution is -2.34. The van der Waals surface area contributed by atoms with Crippen molar-refractivity contribution in [3.8, 4) is 0 Å². The maximum atomic E-state index is 10.4. The summed E-state index contributed by atoms with van der Waals surface area (Å²) >= 11 is 0. The van der Waals surface area contributed by atoms with E-state index in [0.717, 1.165) is 5.56 Å². The van der Waals surface area contributed by atoms with Crippen molar-refractivity contribution in [2.75, 3.05) is 6.54 Å². The summed E-state index contributed by atoms with van der Waals surface area (Å²) in [5.41, 5.74) is 16.5. The smallest absolute Gasteiger partial charge is 0.320 e. The third kappa shape index (κ3) is 11.0. The minimum absolute atomic E-state index is 0.112. The number of hydrogen-bond donors (Lipinski definition) is 7. The van der Waals surface area contributed by atoms with Crippen LogP contribution in [0.1, 0.15) is 18.4 Å². The van der Waals surface area contributed by atoms with Crippen molar-refractivity contribution in [2.45, 2.75) is 31.3 Å². The molecule has 2 atom stereocenters. The number of guanidine groups is 1. The first kappa shape index (κ1) is 21.4. The summed E-state index contributed by atoms with van der Waals surface area (Å²) in [4.78, 5) is 20.6. The normalized spacial score (nSPS) is 12.2. The van der Waals surface area contributed by atoms with Gasteiger partial charge in [0.15, 0.2) is 5.96 Å². The van der Waals surface area contributed by atoms with Gasteiger partial charge in [0, 0.05) is 6.54 Å². The summed E-state index contributed by atoms with van der Waals surface area (Å²) in [5.74, 6) is -2.07. The number of benzene rings is 1. The van der Waals surface area contributed by atoms with Crippen LogP contribution in [0.4, 0.5) is 0 Å². The molecule has 0 radical (unpaired) electrons. The van der Waals surface area contributed by atoms with E-state index in [1.165, 1.54) is 0 Å². The van der Waals surface area contributed by atoms with Crippen molar-refractivity contribution >= 4 is 17.9 Å². The minimum Gasteiger partial charge on any atom is -0.480 e. The number of carboxylic acids is 2. The summed E-state index contributed by atoms with van der Waals surface area (Å²) < 4.78 is 0. The highest BCUT2D eigenvalue weighted by molar-refractivity contribution is 5.74. The van der Waals surface area contributed by atoms with Gasteiger partial charge in [0.25, 0.3) is 0 Å². The van der Waals surface area contributed by atoms with Crippen LogP contribution < -0.4 is 22.5 Å². The molecule has 0 aliphatic carbocycles. The average molecular weight is 339 g/mol. The lowest BCUT2D eigenvalue weighted by atomic mass is 10.1. The molecule has 134 valence electrons. The lowest BCUT2D eigenvalue weighted by Gasteiger charge is -2.06. The van der Waals surface area contributed by atoms with E-state index in [2.05, 4.69) is 5.32 Å². The molecule has 10 N–H and O–H groups in total. The largest absolute Gasteiger partial charge is 0.480 e. The Morgan fingerprint density at radius 2 is 1.62 bits per heavy atom. The molecule has 0 saturated carbocycles. The first-order valence-corrected chi connectivity index (χ1v) is 7.32. The first-order chi connectivity index (χ1) is 11.2. The summed E-state index contributed by atoms with van der Waals surface area (Å²) in [7, 11) is 0. The second-order valence-electron chi connectivity index (χ2n) is 5.06. The Labute approximate surface area is 140 Å². The fourth-order valence-corrected chi connectivity index (χ4v) is 1.62. The quantitative estimate of drug-likeness (QED) is 0.184. The van der Waals surface area contributed by atoms with Crippen LogP contribution in [-0.2, 0) is 16.0 Å². The fraction of sp³-hybridized carbons (Fsp3) is 0.400. The van der Waals surface area contributed by atoms with Gasteiger partial charge >= 0.3 is 11.9 Å². The first-order valence-electron chi connectivity index (χ1n) is 7.32. The monoisotopic (exact) mass is 339 g/mol. The van der Waals surface area contributed by atoms with Crippen LogP contribution in [0.15, 0.2) is 30.3 Å². The highest BCUT2D eigenvalue weighted by atomic mass is 16.4. The Balaban J connectivity index is 0.000000441. The van der Waals surface area contributed by atoms with Crippen molar-refractivity contribution in [3.05, 3.63) is 35.9 Å². The number of carboxylic acid groups (broad SMARTS) is 2. The SMILES string of the molecule is N=C(N)NCCC[C@@H](N)C(=O)O.N[C@@H](Cc1ccccc1)C(=O)O. The second kappa shape index (κ2) is 11.9. The van der Waals surface area contributed by atoms with E-state index >= 15 is 0 Å². The molecule has 0 heterocycles. The van der Waals surface area contributed by atoms with Crippen LogP contribution in [0.5, 0.6) is 0 Å². The molecule has 0 unspecified atom stereocenters. The topological polar surface area (TPSA) is 189 Å². The molecule has 1 rings (SSSR count). The van der Waals surface area contributed by atoms with Crippen LogP contribution >= 0.6 is 0 Å². The molecule has 9 heteroatoms. The number of carbonyl (C=O) groups is 2. The van der Waals surface area contributed by atoms with Gasteiger partial charge in [0.05, 0.1) is 0 Å². The van der Waals surface area contributed by atoms with E-state index in [0.29, 0.717) is 25.8 Å². The summed E-state index contributed by atoms with van der Waals surface area (Å²) in [5, 5.41) is 26.2. The zero-order chi connectivity index (χ0) is 18.5. The Morgan fingerprint density at radius 1 is 1.08 bits per heavy atom. The van der Waals surface area contributed by atoms with Gasteiger partial charge in [-0.05, 0) is 24.8 Å². The maximum absolute atomic E-state index is 10.4. The zero-order valence-electron chi connectivity index (χ0n) is 13.3. The van der Waals surface area contributed by atoms with E-state index in [9.17, 15) is 9.59 Å². The Hall–Kier alpha value is -2.65. The van der Waals surface area contributed by atoms with E-state index in [4.69, 9.17) is 32.8 Å². The van der Waals surface area contributed by atoms with Crippen LogP contribution in [0.25, 0.3) is 0 Å². The second-order valence-corrected chi connectivity index (χ2v) is 5.06. The molecule has 24 heavy (non-hydrogen) atoms. The molecule has 1 aromatic rings. The van der Waals surface area contributed by atoms with E-state index in [1.54, 1.807) is 0 Å². The third-order valence-electron chi connectivity index (χ3n) is 2.94. The van der Waals surface area contributed by atoms with Gasteiger partial charge in [-0.15, -0.1) is 0 Å². The highest BCUT2D eigenvalue weighted by Gasteiger charge is 2.11. The molecule has 0 spiro atoms. The summed E-state index contributed by atoms with van der Waals surface area (Å²) in [6.45, 7) is 0.482. The number of aliphatic carboxylic acids is 2. The van der Waals surface area contributed by atoms with Crippen molar-refractivity contribution < 1.29 is 19.8 Å². The van der Waals surface area contributed by atoms with Crippen LogP contribution in [-0.4, -0.2) is 46.7 Å². The van der Waals surface area contributed by atoms with Gasteiger partial charge in [0.2, 0.25) is 0 Å². The summed E-state index contributed by atoms with van der Waals surface area (Å²) in [6, 6.07) is 7.72. The Kier molecular flexibility index (Phi) is 10.5. The average Bonchev–Trinajstić information content (AvgIpc) is 2.52. The predicted molar refractivity (Wildman–Crippen MR) is 90.5 cm³/mol. The maximum Gasteiger partial charge on any atom is 0.320 e. The van der Waals surface area contributed by atoms with E-state index in [-0.39, 0.29) is 5.96 Å². The van der Waals surface area contributed by atoms with Gasteiger partial charge in [-0.25, -0.2) is 0 Å². The van der Waals surface area contributed by atoms with Crippen molar-refractivity contribution in [1.29, 1.82) is 5.41 Å². The number of rotatable bonds is 8. The summed E-state index contributed by atoms with van der Waals surface area (Å²) in [6.07, 6.45) is 1.36. The number of nitrogens with one attached hydrogen (secondary N) is 2. The standard InChI is InChI=1S/C9H11NO2.C6H14N4O2/c10-8(9(11)12)6-7-4-2-1-3-5-7;7-4(5(11)12)2-1-3-10-6(8)9/h1-5,8H,6,10H2,(H,11,12);4H,1-3,7H2,(H,11,12)(H4,8,9,10)/t8-;4-/m01/s1. The molecule has 0 aliphatic heterocycles. The highest BCUT2D eigenvalue weighted by Crippen LogP contribution is 2.01. The van der Waals surface area contributed by atoms with Crippen molar-refractivity contribution in [2.24, 2.45) is 17.2 Å². The van der Waals surface area contributed by atoms with Gasteiger partial charge in [0.1, 0.15) is 12.1 Å². The lowest BCUT2D eigenvalue weighted by molar-refractivity contribution is -0.139. The van der Waals surface area contributed by atoms with E-state index < -0.39 is 24.0 Å². The van der Waals surface area contributed by atoms with Gasteiger partial charge < -0.3 is 32.7 Å². The van der Waals surface area contributed by atoms with E-state index in [1.807, 2.05) is 30.3 Å². The molecule has 0 amide bonds. The molecule has 0 bridgehead atoms. The molecule has 1 aromatic carbocycles. The number of nitrogens with two attached hydrogens (primary N) is 3. The molecule has 0 aromatic heterocycles. The molecule has 0 fully saturated rings. The molecule has 0 saturated heterocycles. The zero-order valence-corrected chi connectivity index (χ0v) is 13.3. The van der Waals surface area contributed by atoms with Gasteiger partial charge in [-0.3, -0.25) is 15.0 Å². The third-order valence-corrected chi connectivity index (χ3v) is 2.94. The van der Waals surface area contributed by atoms with Crippen LogP contribution in [0.2, 0.25) is 0 Å². The minimum atomic E-state index is -1.00. The van der Waals surface area contributed by atoms with Crippen LogP contribution in [0, 0.1) is 5.41 Å². The van der Waals surface area contributed by atoms with Gasteiger partial charge in [-0.2, -0.15) is 0 Å². The number of hydrogen-bond acceptors (Lipinski definition) is 5. The Bertz CT molecular complexity index is 524. The van der Waals surface area contributed by atoms with Crippen LogP contribution in [0.3, 0.4) is 0 Å². The van der Waals surface area contributed by atoms with Gasteiger partial charge in [-0.1, -0.05) is 30.3 Å². The molecule has 9 nitrogen and oxygen atoms in total. The molecule has 0 aliphatic rings.